The average Bonchev–Trinajstić information content (AvgIpc) is 2.35. The summed E-state index contributed by atoms with van der Waals surface area (Å²) in [5.41, 5.74) is 2.44. The summed E-state index contributed by atoms with van der Waals surface area (Å²) in [6.07, 6.45) is 3.30. The first-order valence-corrected chi connectivity index (χ1v) is 6.97. The summed E-state index contributed by atoms with van der Waals surface area (Å²) in [5, 5.41) is 3.45. The van der Waals surface area contributed by atoms with Gasteiger partial charge in [-0.2, -0.15) is 0 Å². The zero-order valence-corrected chi connectivity index (χ0v) is 11.5. The molecule has 0 saturated carbocycles. The first-order valence-electron chi connectivity index (χ1n) is 5.79. The van der Waals surface area contributed by atoms with Gasteiger partial charge >= 0.3 is 0 Å². The summed E-state index contributed by atoms with van der Waals surface area (Å²) < 4.78 is 2.15. The molecule has 1 aromatic carbocycles. The molecule has 1 aromatic rings. The maximum Gasteiger partial charge on any atom is 0.0467 e. The monoisotopic (exact) mass is 238 g/mol. The molecule has 0 aliphatic heterocycles. The predicted octanol–water partition coefficient (Wildman–Crippen LogP) is 3.86. The van der Waals surface area contributed by atoms with Gasteiger partial charge in [0, 0.05) is 31.2 Å². The van der Waals surface area contributed by atoms with E-state index in [4.69, 9.17) is 0 Å². The highest BCUT2D eigenvalue weighted by atomic mass is 32.2. The molecule has 0 radical (unpaired) electrons. The molecule has 1 N–H and O–H groups in total. The van der Waals surface area contributed by atoms with Crippen molar-refractivity contribution in [2.75, 3.05) is 29.5 Å². The van der Waals surface area contributed by atoms with Crippen LogP contribution in [0.4, 0.5) is 11.4 Å². The lowest BCUT2D eigenvalue weighted by molar-refractivity contribution is 0.593. The smallest absolute Gasteiger partial charge is 0.0467 e. The minimum Gasteiger partial charge on any atom is -0.385 e. The van der Waals surface area contributed by atoms with Crippen molar-refractivity contribution in [2.45, 2.75) is 20.3 Å². The van der Waals surface area contributed by atoms with E-state index in [-0.39, 0.29) is 0 Å². The van der Waals surface area contributed by atoms with E-state index in [1.807, 2.05) is 0 Å². The molecule has 1 atom stereocenters. The third-order valence-electron chi connectivity index (χ3n) is 2.86. The van der Waals surface area contributed by atoms with Gasteiger partial charge in [0.15, 0.2) is 0 Å². The largest absolute Gasteiger partial charge is 0.385 e. The van der Waals surface area contributed by atoms with E-state index in [9.17, 15) is 0 Å². The molecule has 90 valence electrons. The van der Waals surface area contributed by atoms with Crippen LogP contribution in [0.1, 0.15) is 20.3 Å². The molecule has 0 aliphatic carbocycles. The molecule has 0 amide bonds. The molecule has 0 aromatic heterocycles. The van der Waals surface area contributed by atoms with E-state index in [1.165, 1.54) is 17.8 Å². The maximum absolute atomic E-state index is 3.45. The Bertz CT molecular complexity index is 297. The van der Waals surface area contributed by atoms with E-state index < -0.39 is 0 Å². The van der Waals surface area contributed by atoms with Crippen LogP contribution in [0.25, 0.3) is 0 Å². The fourth-order valence-corrected chi connectivity index (χ4v) is 1.66. The number of hydrogen-bond donors (Lipinski definition) is 1. The van der Waals surface area contributed by atoms with Crippen LogP contribution in [0.15, 0.2) is 24.3 Å². The van der Waals surface area contributed by atoms with Gasteiger partial charge in [0.05, 0.1) is 0 Å². The van der Waals surface area contributed by atoms with Crippen LogP contribution in [0.5, 0.6) is 0 Å². The minimum atomic E-state index is 0.730. The predicted molar refractivity (Wildman–Crippen MR) is 76.3 cm³/mol. The highest BCUT2D eigenvalue weighted by Crippen LogP contribution is 2.21. The first kappa shape index (κ1) is 13.2. The molecule has 3 heteroatoms. The van der Waals surface area contributed by atoms with Gasteiger partial charge in [0.2, 0.25) is 0 Å². The van der Waals surface area contributed by atoms with Gasteiger partial charge in [0.1, 0.15) is 0 Å². The quantitative estimate of drug-likeness (QED) is 0.758. The summed E-state index contributed by atoms with van der Waals surface area (Å²) in [4.78, 5) is 0. The van der Waals surface area contributed by atoms with Gasteiger partial charge in [0.25, 0.3) is 0 Å². The second kappa shape index (κ2) is 6.69. The first-order chi connectivity index (χ1) is 7.67. The molecule has 0 bridgehead atoms. The van der Waals surface area contributed by atoms with Gasteiger partial charge < -0.3 is 9.62 Å². The summed E-state index contributed by atoms with van der Waals surface area (Å²) in [6, 6.07) is 8.58. The minimum absolute atomic E-state index is 0.730. The average molecular weight is 238 g/mol. The molecule has 1 rings (SSSR count). The van der Waals surface area contributed by atoms with E-state index in [0.717, 1.165) is 12.5 Å². The number of anilines is 2. The Balaban J connectivity index is 2.51. The number of rotatable bonds is 6. The molecule has 0 fully saturated rings. The summed E-state index contributed by atoms with van der Waals surface area (Å²) >= 11 is 1.72. The van der Waals surface area contributed by atoms with Crippen LogP contribution in [0.3, 0.4) is 0 Å². The summed E-state index contributed by atoms with van der Waals surface area (Å²) in [6.45, 7) is 5.54. The molecule has 2 nitrogen and oxygen atoms in total. The van der Waals surface area contributed by atoms with Crippen LogP contribution >= 0.6 is 11.9 Å². The Morgan fingerprint density at radius 1 is 1.31 bits per heavy atom. The Hall–Kier alpha value is -0.830. The van der Waals surface area contributed by atoms with Crippen molar-refractivity contribution in [1.29, 1.82) is 0 Å². The number of benzene rings is 1. The molecule has 0 heterocycles. The van der Waals surface area contributed by atoms with Crippen LogP contribution in [0, 0.1) is 5.92 Å². The summed E-state index contributed by atoms with van der Waals surface area (Å²) in [7, 11) is 2.08. The van der Waals surface area contributed by atoms with Gasteiger partial charge in [-0.1, -0.05) is 32.2 Å². The van der Waals surface area contributed by atoms with Crippen molar-refractivity contribution < 1.29 is 0 Å². The lowest BCUT2D eigenvalue weighted by atomic mass is 10.1. The second-order valence-corrected chi connectivity index (χ2v) is 5.03. The van der Waals surface area contributed by atoms with Crippen LogP contribution in [-0.4, -0.2) is 19.8 Å². The molecular formula is C13H22N2S. The number of nitrogens with one attached hydrogen (secondary N) is 1. The Labute approximate surface area is 104 Å². The van der Waals surface area contributed by atoms with Crippen molar-refractivity contribution in [3.8, 4) is 0 Å². The molecule has 0 spiro atoms. The lowest BCUT2D eigenvalue weighted by Gasteiger charge is -2.16. The molecular weight excluding hydrogens is 216 g/mol. The fourth-order valence-electron chi connectivity index (χ4n) is 1.33. The normalized spacial score (nSPS) is 12.2. The van der Waals surface area contributed by atoms with E-state index in [0.29, 0.717) is 0 Å². The highest BCUT2D eigenvalue weighted by Gasteiger charge is 2.00. The van der Waals surface area contributed by atoms with Crippen molar-refractivity contribution in [3.05, 3.63) is 24.3 Å². The molecule has 0 aliphatic rings. The van der Waals surface area contributed by atoms with Gasteiger partial charge in [-0.15, -0.1) is 0 Å². The summed E-state index contributed by atoms with van der Waals surface area (Å²) in [5.74, 6) is 0.730. The van der Waals surface area contributed by atoms with Crippen molar-refractivity contribution >= 4 is 23.3 Å². The maximum atomic E-state index is 3.45. The van der Waals surface area contributed by atoms with E-state index in [2.05, 4.69) is 61.0 Å². The number of hydrogen-bond acceptors (Lipinski definition) is 3. The van der Waals surface area contributed by atoms with Gasteiger partial charge in [-0.05, 0) is 30.2 Å². The van der Waals surface area contributed by atoms with E-state index >= 15 is 0 Å². The molecule has 1 unspecified atom stereocenters. The fraction of sp³-hybridized carbons (Fsp3) is 0.538. The zero-order chi connectivity index (χ0) is 12.0. The van der Waals surface area contributed by atoms with Crippen molar-refractivity contribution in [1.82, 2.24) is 0 Å². The second-order valence-electron chi connectivity index (χ2n) is 4.12. The van der Waals surface area contributed by atoms with Crippen LogP contribution in [0.2, 0.25) is 0 Å². The van der Waals surface area contributed by atoms with Gasteiger partial charge in [-0.3, -0.25) is 0 Å². The Morgan fingerprint density at radius 2 is 1.94 bits per heavy atom. The van der Waals surface area contributed by atoms with Crippen LogP contribution in [-0.2, 0) is 0 Å². The number of nitrogens with zero attached hydrogens (tertiary/aromatic N) is 1. The SMILES string of the molecule is CCC(C)CNc1ccc(N(C)SC)cc1. The Kier molecular flexibility index (Phi) is 5.53. The standard InChI is InChI=1S/C13H22N2S/c1-5-11(2)10-14-12-6-8-13(9-7-12)15(3)16-4/h6-9,11,14H,5,10H2,1-4H3. The lowest BCUT2D eigenvalue weighted by Crippen LogP contribution is -2.10. The van der Waals surface area contributed by atoms with Gasteiger partial charge in [-0.25, -0.2) is 0 Å². The zero-order valence-electron chi connectivity index (χ0n) is 10.7. The van der Waals surface area contributed by atoms with Crippen LogP contribution < -0.4 is 9.62 Å². The van der Waals surface area contributed by atoms with Crippen molar-refractivity contribution in [2.24, 2.45) is 5.92 Å². The highest BCUT2D eigenvalue weighted by molar-refractivity contribution is 7.99. The third kappa shape index (κ3) is 3.97. The Morgan fingerprint density at radius 3 is 2.44 bits per heavy atom. The van der Waals surface area contributed by atoms with Crippen molar-refractivity contribution in [3.63, 3.8) is 0 Å². The third-order valence-corrected chi connectivity index (χ3v) is 3.61. The molecule has 16 heavy (non-hydrogen) atoms. The topological polar surface area (TPSA) is 15.3 Å². The van der Waals surface area contributed by atoms with E-state index in [1.54, 1.807) is 11.9 Å². The molecule has 0 saturated heterocycles.